The molecule has 1 fully saturated rings. The lowest BCUT2D eigenvalue weighted by molar-refractivity contribution is -0.134. The second-order valence-electron chi connectivity index (χ2n) is 5.06. The SMILES string of the molecule is COC(C)c1noc(CCC(=O)N2CCNC[C@H]2C)n1.Cl. The Kier molecular flexibility index (Phi) is 7.07. The molecule has 0 aliphatic carbocycles. The number of nitrogens with zero attached hydrogens (tertiary/aromatic N) is 3. The van der Waals surface area contributed by atoms with Gasteiger partial charge in [-0.1, -0.05) is 5.16 Å². The third-order valence-electron chi connectivity index (χ3n) is 3.58. The van der Waals surface area contributed by atoms with Crippen molar-refractivity contribution in [3.8, 4) is 0 Å². The average Bonchev–Trinajstić information content (AvgIpc) is 2.93. The van der Waals surface area contributed by atoms with Gasteiger partial charge in [0.25, 0.3) is 0 Å². The number of carbonyl (C=O) groups is 1. The van der Waals surface area contributed by atoms with Crippen molar-refractivity contribution in [3.05, 3.63) is 11.7 Å². The van der Waals surface area contributed by atoms with Crippen LogP contribution in [-0.2, 0) is 16.0 Å². The van der Waals surface area contributed by atoms with Crippen LogP contribution in [-0.4, -0.2) is 53.7 Å². The summed E-state index contributed by atoms with van der Waals surface area (Å²) in [6, 6.07) is 0.239. The largest absolute Gasteiger partial charge is 0.374 e. The number of aromatic nitrogens is 2. The number of hydrogen-bond donors (Lipinski definition) is 1. The number of aryl methyl sites for hydroxylation is 1. The Labute approximate surface area is 130 Å². The highest BCUT2D eigenvalue weighted by molar-refractivity contribution is 5.85. The smallest absolute Gasteiger partial charge is 0.227 e. The molecule has 7 nitrogen and oxygen atoms in total. The standard InChI is InChI=1S/C13H22N4O3.ClH/c1-9-8-14-6-7-17(9)12(18)5-4-11-15-13(16-20-11)10(2)19-3;/h9-10,14H,4-8H2,1-3H3;1H/t9-,10?;/m1./s1. The predicted octanol–water partition coefficient (Wildman–Crippen LogP) is 0.952. The van der Waals surface area contributed by atoms with E-state index in [-0.39, 0.29) is 30.5 Å². The second-order valence-corrected chi connectivity index (χ2v) is 5.06. The van der Waals surface area contributed by atoms with Crippen LogP contribution in [0.3, 0.4) is 0 Å². The molecule has 8 heteroatoms. The zero-order chi connectivity index (χ0) is 14.5. The Morgan fingerprint density at radius 2 is 2.38 bits per heavy atom. The third kappa shape index (κ3) is 4.66. The Bertz CT molecular complexity index is 454. The molecule has 2 heterocycles. The Morgan fingerprint density at radius 1 is 1.62 bits per heavy atom. The highest BCUT2D eigenvalue weighted by Gasteiger charge is 2.23. The molecule has 0 bridgehead atoms. The average molecular weight is 319 g/mol. The molecular formula is C13H23ClN4O3. The van der Waals surface area contributed by atoms with Crippen LogP contribution in [0.2, 0.25) is 0 Å². The van der Waals surface area contributed by atoms with Gasteiger partial charge in [0.05, 0.1) is 0 Å². The van der Waals surface area contributed by atoms with Gasteiger partial charge in [0, 0.05) is 45.6 Å². The summed E-state index contributed by atoms with van der Waals surface area (Å²) in [5, 5.41) is 7.11. The lowest BCUT2D eigenvalue weighted by Gasteiger charge is -2.34. The van der Waals surface area contributed by atoms with Gasteiger partial charge in [0.2, 0.25) is 11.8 Å². The van der Waals surface area contributed by atoms with Gasteiger partial charge in [-0.25, -0.2) is 0 Å². The molecule has 0 saturated carbocycles. The first-order valence-electron chi connectivity index (χ1n) is 6.97. The molecule has 0 spiro atoms. The van der Waals surface area contributed by atoms with Crippen molar-refractivity contribution in [1.29, 1.82) is 0 Å². The van der Waals surface area contributed by atoms with Gasteiger partial charge >= 0.3 is 0 Å². The van der Waals surface area contributed by atoms with E-state index in [1.165, 1.54) is 0 Å². The molecule has 1 N–H and O–H groups in total. The zero-order valence-electron chi connectivity index (χ0n) is 12.7. The molecule has 21 heavy (non-hydrogen) atoms. The van der Waals surface area contributed by atoms with Crippen molar-refractivity contribution in [1.82, 2.24) is 20.4 Å². The second kappa shape index (κ2) is 8.31. The van der Waals surface area contributed by atoms with E-state index in [0.29, 0.717) is 24.6 Å². The quantitative estimate of drug-likeness (QED) is 0.870. The lowest BCUT2D eigenvalue weighted by atomic mass is 10.2. The topological polar surface area (TPSA) is 80.5 Å². The first-order valence-corrected chi connectivity index (χ1v) is 6.97. The van der Waals surface area contributed by atoms with Crippen LogP contribution in [0.4, 0.5) is 0 Å². The molecule has 120 valence electrons. The number of rotatable bonds is 5. The summed E-state index contributed by atoms with van der Waals surface area (Å²) in [6.45, 7) is 6.36. The molecule has 1 aliphatic rings. The normalized spacial score (nSPS) is 20.0. The number of methoxy groups -OCH3 is 1. The molecular weight excluding hydrogens is 296 g/mol. The van der Waals surface area contributed by atoms with E-state index < -0.39 is 0 Å². The molecule has 1 amide bonds. The number of hydrogen-bond acceptors (Lipinski definition) is 6. The molecule has 1 aromatic heterocycles. The Balaban J connectivity index is 0.00000220. The van der Waals surface area contributed by atoms with E-state index in [1.807, 2.05) is 11.8 Å². The van der Waals surface area contributed by atoms with Crippen LogP contribution in [0.5, 0.6) is 0 Å². The van der Waals surface area contributed by atoms with Gasteiger partial charge in [0.15, 0.2) is 5.82 Å². The first kappa shape index (κ1) is 17.9. The highest BCUT2D eigenvalue weighted by Crippen LogP contribution is 2.13. The van der Waals surface area contributed by atoms with Crippen molar-refractivity contribution < 1.29 is 14.1 Å². The Morgan fingerprint density at radius 3 is 3.05 bits per heavy atom. The van der Waals surface area contributed by atoms with Crippen LogP contribution in [0, 0.1) is 0 Å². The summed E-state index contributed by atoms with van der Waals surface area (Å²) >= 11 is 0. The number of halogens is 1. The van der Waals surface area contributed by atoms with E-state index in [0.717, 1.165) is 19.6 Å². The fraction of sp³-hybridized carbons (Fsp3) is 0.769. The van der Waals surface area contributed by atoms with Crippen molar-refractivity contribution in [2.75, 3.05) is 26.7 Å². The fourth-order valence-corrected chi connectivity index (χ4v) is 2.21. The minimum atomic E-state index is -0.198. The van der Waals surface area contributed by atoms with Gasteiger partial charge < -0.3 is 19.5 Å². The maximum absolute atomic E-state index is 12.2. The van der Waals surface area contributed by atoms with Crippen molar-refractivity contribution in [2.45, 2.75) is 38.8 Å². The molecule has 1 unspecified atom stereocenters. The molecule has 0 radical (unpaired) electrons. The summed E-state index contributed by atoms with van der Waals surface area (Å²) < 4.78 is 10.2. The molecule has 1 aliphatic heterocycles. The molecule has 2 atom stereocenters. The molecule has 2 rings (SSSR count). The third-order valence-corrected chi connectivity index (χ3v) is 3.58. The summed E-state index contributed by atoms with van der Waals surface area (Å²) in [6.07, 6.45) is 0.670. The predicted molar refractivity (Wildman–Crippen MR) is 79.3 cm³/mol. The molecule has 1 aromatic rings. The fourth-order valence-electron chi connectivity index (χ4n) is 2.21. The van der Waals surface area contributed by atoms with E-state index in [4.69, 9.17) is 9.26 Å². The van der Waals surface area contributed by atoms with Gasteiger partial charge in [0.1, 0.15) is 6.10 Å². The van der Waals surface area contributed by atoms with E-state index in [2.05, 4.69) is 22.4 Å². The van der Waals surface area contributed by atoms with Crippen molar-refractivity contribution in [2.24, 2.45) is 0 Å². The Hall–Kier alpha value is -1.18. The van der Waals surface area contributed by atoms with Crippen LogP contribution in [0.25, 0.3) is 0 Å². The minimum absolute atomic E-state index is 0. The summed E-state index contributed by atoms with van der Waals surface area (Å²) in [7, 11) is 1.59. The molecule has 1 saturated heterocycles. The van der Waals surface area contributed by atoms with Crippen molar-refractivity contribution in [3.63, 3.8) is 0 Å². The van der Waals surface area contributed by atoms with E-state index in [1.54, 1.807) is 7.11 Å². The minimum Gasteiger partial charge on any atom is -0.374 e. The van der Waals surface area contributed by atoms with Crippen LogP contribution < -0.4 is 5.32 Å². The summed E-state index contributed by atoms with van der Waals surface area (Å²) in [4.78, 5) is 18.3. The maximum Gasteiger partial charge on any atom is 0.227 e. The van der Waals surface area contributed by atoms with Crippen LogP contribution >= 0.6 is 12.4 Å². The summed E-state index contributed by atoms with van der Waals surface area (Å²) in [5.41, 5.74) is 0. The number of carbonyl (C=O) groups excluding carboxylic acids is 1. The first-order chi connectivity index (χ1) is 9.61. The van der Waals surface area contributed by atoms with Crippen LogP contribution in [0.1, 0.15) is 38.1 Å². The van der Waals surface area contributed by atoms with Gasteiger partial charge in [-0.2, -0.15) is 4.98 Å². The monoisotopic (exact) mass is 318 g/mol. The maximum atomic E-state index is 12.2. The van der Waals surface area contributed by atoms with Crippen LogP contribution in [0.15, 0.2) is 4.52 Å². The van der Waals surface area contributed by atoms with Gasteiger partial charge in [-0.15, -0.1) is 12.4 Å². The summed E-state index contributed by atoms with van der Waals surface area (Å²) in [5.74, 6) is 1.14. The number of ether oxygens (including phenoxy) is 1. The van der Waals surface area contributed by atoms with E-state index >= 15 is 0 Å². The van der Waals surface area contributed by atoms with E-state index in [9.17, 15) is 4.79 Å². The molecule has 0 aromatic carbocycles. The lowest BCUT2D eigenvalue weighted by Crippen LogP contribution is -2.52. The number of nitrogens with one attached hydrogen (secondary N) is 1. The highest BCUT2D eigenvalue weighted by atomic mass is 35.5. The van der Waals surface area contributed by atoms with Gasteiger partial charge in [-0.05, 0) is 13.8 Å². The number of piperazine rings is 1. The van der Waals surface area contributed by atoms with Crippen molar-refractivity contribution >= 4 is 18.3 Å². The zero-order valence-corrected chi connectivity index (χ0v) is 13.5. The number of amides is 1. The van der Waals surface area contributed by atoms with Gasteiger partial charge in [-0.3, -0.25) is 4.79 Å².